The predicted molar refractivity (Wildman–Crippen MR) is 145 cm³/mol. The molecular weight excluding hydrogens is 414 g/mol. The molecule has 2 nitrogen and oxygen atoms in total. The van der Waals surface area contributed by atoms with Crippen molar-refractivity contribution in [1.82, 2.24) is 4.98 Å². The van der Waals surface area contributed by atoms with Crippen LogP contribution in [-0.2, 0) is 5.41 Å². The number of hydrogen-bond acceptors (Lipinski definition) is 2. The lowest BCUT2D eigenvalue weighted by Gasteiger charge is -2.23. The lowest BCUT2D eigenvalue weighted by atomic mass is 9.82. The Labute approximate surface area is 200 Å². The van der Waals surface area contributed by atoms with E-state index in [1.54, 1.807) is 0 Å². The van der Waals surface area contributed by atoms with Crippen LogP contribution < -0.4 is 0 Å². The molecule has 2 heterocycles. The zero-order valence-electron chi connectivity index (χ0n) is 20.4. The molecule has 6 rings (SSSR count). The van der Waals surface area contributed by atoms with E-state index in [4.69, 9.17) is 9.40 Å². The zero-order valence-corrected chi connectivity index (χ0v) is 20.4. The summed E-state index contributed by atoms with van der Waals surface area (Å²) in [6.45, 7) is 11.3. The van der Waals surface area contributed by atoms with E-state index >= 15 is 0 Å². The van der Waals surface area contributed by atoms with Crippen molar-refractivity contribution >= 4 is 43.6 Å². The van der Waals surface area contributed by atoms with Crippen LogP contribution in [0.2, 0.25) is 0 Å². The topological polar surface area (TPSA) is 26.0 Å². The Bertz CT molecular complexity index is 1710. The molecule has 6 aromatic rings. The molecule has 0 saturated heterocycles. The first-order valence-electron chi connectivity index (χ1n) is 12.1. The van der Waals surface area contributed by atoms with E-state index in [9.17, 15) is 0 Å². The summed E-state index contributed by atoms with van der Waals surface area (Å²) in [5, 5.41) is 5.83. The number of para-hydroxylation sites is 1. The quantitative estimate of drug-likeness (QED) is 0.266. The Morgan fingerprint density at radius 1 is 0.765 bits per heavy atom. The van der Waals surface area contributed by atoms with Gasteiger partial charge in [0.2, 0.25) is 0 Å². The third kappa shape index (κ3) is 3.20. The highest BCUT2D eigenvalue weighted by atomic mass is 16.3. The average Bonchev–Trinajstić information content (AvgIpc) is 3.22. The number of nitrogens with zero attached hydrogens (tertiary/aromatic N) is 1. The van der Waals surface area contributed by atoms with Crippen molar-refractivity contribution in [2.45, 2.75) is 46.0 Å². The van der Waals surface area contributed by atoms with Crippen molar-refractivity contribution in [2.75, 3.05) is 0 Å². The average molecular weight is 444 g/mol. The van der Waals surface area contributed by atoms with Gasteiger partial charge in [0, 0.05) is 16.3 Å². The predicted octanol–water partition coefficient (Wildman–Crippen LogP) is 9.38. The van der Waals surface area contributed by atoms with Crippen LogP contribution in [0.25, 0.3) is 54.9 Å². The molecule has 168 valence electrons. The minimum atomic E-state index is 0.0101. The maximum atomic E-state index is 6.51. The summed E-state index contributed by atoms with van der Waals surface area (Å²) in [6.07, 6.45) is 0. The molecule has 0 fully saturated rings. The molecule has 2 heteroatoms. The Morgan fingerprint density at radius 3 is 2.26 bits per heavy atom. The molecule has 0 N–H and O–H groups in total. The SMILES string of the molecule is CC(C)c1ccc2nc(-c3cc(C(C)(C)C)c4ccccc4c3)c3c4ccccc4oc3c2c1. The van der Waals surface area contributed by atoms with Gasteiger partial charge in [0.25, 0.3) is 0 Å². The second kappa shape index (κ2) is 7.43. The second-order valence-electron chi connectivity index (χ2n) is 10.7. The highest BCUT2D eigenvalue weighted by molar-refractivity contribution is 6.19. The third-order valence-corrected chi connectivity index (χ3v) is 6.94. The number of benzene rings is 4. The van der Waals surface area contributed by atoms with Gasteiger partial charge in [0.15, 0.2) is 0 Å². The Balaban J connectivity index is 1.77. The molecule has 0 aliphatic heterocycles. The van der Waals surface area contributed by atoms with E-state index in [-0.39, 0.29) is 5.41 Å². The minimum absolute atomic E-state index is 0.0101. The number of pyridine rings is 1. The number of rotatable bonds is 2. The van der Waals surface area contributed by atoms with E-state index in [0.717, 1.165) is 44.1 Å². The molecule has 0 amide bonds. The van der Waals surface area contributed by atoms with E-state index in [1.165, 1.54) is 21.9 Å². The molecular formula is C32H29NO. The molecule has 34 heavy (non-hydrogen) atoms. The Kier molecular flexibility index (Phi) is 4.57. The molecule has 0 atom stereocenters. The lowest BCUT2D eigenvalue weighted by Crippen LogP contribution is -2.12. The van der Waals surface area contributed by atoms with Crippen molar-refractivity contribution in [3.05, 3.63) is 90.0 Å². The largest absolute Gasteiger partial charge is 0.455 e. The molecule has 0 unspecified atom stereocenters. The van der Waals surface area contributed by atoms with Crippen LogP contribution in [0.5, 0.6) is 0 Å². The van der Waals surface area contributed by atoms with Crippen LogP contribution in [-0.4, -0.2) is 4.98 Å². The Morgan fingerprint density at radius 2 is 1.50 bits per heavy atom. The van der Waals surface area contributed by atoms with Gasteiger partial charge in [-0.2, -0.15) is 0 Å². The van der Waals surface area contributed by atoms with Crippen molar-refractivity contribution in [3.8, 4) is 11.3 Å². The molecule has 0 aliphatic rings. The number of hydrogen-bond donors (Lipinski definition) is 0. The smallest absolute Gasteiger partial charge is 0.147 e. The van der Waals surface area contributed by atoms with Gasteiger partial charge in [-0.25, -0.2) is 4.98 Å². The molecule has 0 bridgehead atoms. The molecule has 2 aromatic heterocycles. The van der Waals surface area contributed by atoms with Crippen LogP contribution >= 0.6 is 0 Å². The summed E-state index contributed by atoms with van der Waals surface area (Å²) < 4.78 is 6.51. The fraction of sp³-hybridized carbons (Fsp3) is 0.219. The first-order valence-corrected chi connectivity index (χ1v) is 12.1. The Hall–Kier alpha value is -3.65. The highest BCUT2D eigenvalue weighted by Crippen LogP contribution is 2.42. The van der Waals surface area contributed by atoms with Gasteiger partial charge in [-0.3, -0.25) is 0 Å². The van der Waals surface area contributed by atoms with E-state index in [1.807, 2.05) is 6.07 Å². The normalized spacial score (nSPS) is 12.5. The highest BCUT2D eigenvalue weighted by Gasteiger charge is 2.22. The maximum absolute atomic E-state index is 6.51. The summed E-state index contributed by atoms with van der Waals surface area (Å²) >= 11 is 0. The lowest BCUT2D eigenvalue weighted by molar-refractivity contribution is 0.596. The molecule has 0 spiro atoms. The minimum Gasteiger partial charge on any atom is -0.455 e. The molecule has 0 saturated carbocycles. The number of fused-ring (bicyclic) bond motifs is 6. The number of aromatic nitrogens is 1. The second-order valence-corrected chi connectivity index (χ2v) is 10.7. The maximum Gasteiger partial charge on any atom is 0.147 e. The van der Waals surface area contributed by atoms with Crippen LogP contribution in [0, 0.1) is 0 Å². The molecule has 0 aliphatic carbocycles. The van der Waals surface area contributed by atoms with Gasteiger partial charge in [-0.1, -0.05) is 83.1 Å². The van der Waals surface area contributed by atoms with Crippen molar-refractivity contribution < 1.29 is 4.42 Å². The van der Waals surface area contributed by atoms with Gasteiger partial charge >= 0.3 is 0 Å². The standard InChI is InChI=1S/C32H29NO/c1-19(2)20-14-15-27-25(17-20)31-29(24-12-8-9-13-28(24)34-31)30(33-27)22-16-21-10-6-7-11-23(21)26(18-22)32(3,4)5/h6-19H,1-5H3. The van der Waals surface area contributed by atoms with Crippen molar-refractivity contribution in [2.24, 2.45) is 0 Å². The first kappa shape index (κ1) is 20.9. The van der Waals surface area contributed by atoms with Crippen LogP contribution in [0.4, 0.5) is 0 Å². The molecule has 0 radical (unpaired) electrons. The van der Waals surface area contributed by atoms with Gasteiger partial charge in [-0.05, 0) is 63.6 Å². The zero-order chi connectivity index (χ0) is 23.6. The van der Waals surface area contributed by atoms with E-state index in [0.29, 0.717) is 5.92 Å². The summed E-state index contributed by atoms with van der Waals surface area (Å²) in [6, 6.07) is 28.2. The summed E-state index contributed by atoms with van der Waals surface area (Å²) in [7, 11) is 0. The van der Waals surface area contributed by atoms with E-state index < -0.39 is 0 Å². The number of furan rings is 1. The summed E-state index contributed by atoms with van der Waals surface area (Å²) in [5.74, 6) is 0.443. The molecule has 4 aromatic carbocycles. The van der Waals surface area contributed by atoms with Gasteiger partial charge in [-0.15, -0.1) is 0 Å². The van der Waals surface area contributed by atoms with Gasteiger partial charge in [0.05, 0.1) is 16.6 Å². The summed E-state index contributed by atoms with van der Waals surface area (Å²) in [4.78, 5) is 5.27. The van der Waals surface area contributed by atoms with Crippen molar-refractivity contribution in [1.29, 1.82) is 0 Å². The third-order valence-electron chi connectivity index (χ3n) is 6.94. The van der Waals surface area contributed by atoms with Crippen LogP contribution in [0.15, 0.2) is 83.3 Å². The van der Waals surface area contributed by atoms with Crippen LogP contribution in [0.1, 0.15) is 51.7 Å². The van der Waals surface area contributed by atoms with Gasteiger partial charge < -0.3 is 4.42 Å². The first-order chi connectivity index (χ1) is 16.3. The fourth-order valence-corrected chi connectivity index (χ4v) is 5.12. The van der Waals surface area contributed by atoms with Crippen molar-refractivity contribution in [3.63, 3.8) is 0 Å². The van der Waals surface area contributed by atoms with Gasteiger partial charge in [0.1, 0.15) is 11.2 Å². The van der Waals surface area contributed by atoms with E-state index in [2.05, 4.69) is 107 Å². The fourth-order valence-electron chi connectivity index (χ4n) is 5.12. The monoisotopic (exact) mass is 443 g/mol. The summed E-state index contributed by atoms with van der Waals surface area (Å²) in [5.41, 5.74) is 7.56. The van der Waals surface area contributed by atoms with Crippen LogP contribution in [0.3, 0.4) is 0 Å².